The summed E-state index contributed by atoms with van der Waals surface area (Å²) in [7, 11) is 0. The van der Waals surface area contributed by atoms with Gasteiger partial charge in [-0.25, -0.2) is 4.39 Å². The van der Waals surface area contributed by atoms with Crippen molar-refractivity contribution in [3.05, 3.63) is 59.9 Å². The van der Waals surface area contributed by atoms with E-state index >= 15 is 0 Å². The zero-order valence-corrected chi connectivity index (χ0v) is 10.8. The first-order valence-corrected chi connectivity index (χ1v) is 6.07. The van der Waals surface area contributed by atoms with Crippen LogP contribution in [0.15, 0.2) is 42.5 Å². The highest BCUT2D eigenvalue weighted by atomic mass is 19.4. The van der Waals surface area contributed by atoms with Crippen molar-refractivity contribution in [2.24, 2.45) is 0 Å². The number of benzene rings is 2. The second-order valence-corrected chi connectivity index (χ2v) is 4.13. The average molecular weight is 299 g/mol. The molecular weight excluding hydrogens is 288 g/mol. The highest BCUT2D eigenvalue weighted by Gasteiger charge is 2.31. The van der Waals surface area contributed by atoms with Gasteiger partial charge in [0, 0.05) is 6.42 Å². The molecule has 0 aliphatic carbocycles. The highest BCUT2D eigenvalue weighted by molar-refractivity contribution is 5.33. The fraction of sp³-hybridized carbons (Fsp3) is 0.200. The van der Waals surface area contributed by atoms with Gasteiger partial charge >= 0.3 is 6.36 Å². The summed E-state index contributed by atoms with van der Waals surface area (Å²) < 4.78 is 58.7. The molecule has 0 spiro atoms. The molecule has 0 aliphatic heterocycles. The molecule has 0 fully saturated rings. The Balaban J connectivity index is 1.95. The summed E-state index contributed by atoms with van der Waals surface area (Å²) in [5.41, 5.74) is 0.355. The van der Waals surface area contributed by atoms with E-state index in [0.29, 0.717) is 11.3 Å². The number of alkyl halides is 3. The number of ether oxygens (including phenoxy) is 2. The van der Waals surface area contributed by atoms with Crippen LogP contribution in [0.4, 0.5) is 17.6 Å². The van der Waals surface area contributed by atoms with Crippen LogP contribution in [0.2, 0.25) is 0 Å². The highest BCUT2D eigenvalue weighted by Crippen LogP contribution is 2.26. The van der Waals surface area contributed by atoms with Crippen LogP contribution >= 0.6 is 0 Å². The topological polar surface area (TPSA) is 18.5 Å². The maximum Gasteiger partial charge on any atom is 0.573 e. The molecular formula is C15H11F4O2. The van der Waals surface area contributed by atoms with Gasteiger partial charge in [-0.15, -0.1) is 13.2 Å². The Morgan fingerprint density at radius 3 is 2.43 bits per heavy atom. The lowest BCUT2D eigenvalue weighted by Crippen LogP contribution is -2.18. The van der Waals surface area contributed by atoms with Crippen molar-refractivity contribution in [1.29, 1.82) is 0 Å². The second-order valence-electron chi connectivity index (χ2n) is 4.13. The molecule has 0 unspecified atom stereocenters. The third kappa shape index (κ3) is 4.98. The van der Waals surface area contributed by atoms with Gasteiger partial charge in [-0.05, 0) is 42.0 Å². The molecule has 2 aromatic rings. The Morgan fingerprint density at radius 2 is 1.76 bits per heavy atom. The number of hydrogen-bond donors (Lipinski definition) is 0. The van der Waals surface area contributed by atoms with E-state index in [1.165, 1.54) is 36.4 Å². The zero-order chi connectivity index (χ0) is 15.3. The van der Waals surface area contributed by atoms with E-state index in [2.05, 4.69) is 10.8 Å². The van der Waals surface area contributed by atoms with Crippen molar-refractivity contribution < 1.29 is 27.0 Å². The Bertz CT molecular complexity index is 579. The molecule has 2 aromatic carbocycles. The van der Waals surface area contributed by atoms with E-state index in [-0.39, 0.29) is 24.6 Å². The minimum Gasteiger partial charge on any atom is -0.493 e. The Kier molecular flexibility index (Phi) is 4.67. The number of rotatable bonds is 5. The van der Waals surface area contributed by atoms with Gasteiger partial charge in [0.2, 0.25) is 0 Å². The Hall–Kier alpha value is -2.24. The number of halogens is 4. The molecule has 0 heterocycles. The van der Waals surface area contributed by atoms with Crippen LogP contribution in [0.25, 0.3) is 0 Å². The molecule has 1 radical (unpaired) electrons. The predicted octanol–water partition coefficient (Wildman–Crippen LogP) is 4.15. The molecule has 0 atom stereocenters. The van der Waals surface area contributed by atoms with Crippen LogP contribution in [0.5, 0.6) is 11.5 Å². The molecule has 21 heavy (non-hydrogen) atoms. The zero-order valence-electron chi connectivity index (χ0n) is 10.8. The summed E-state index contributed by atoms with van der Waals surface area (Å²) >= 11 is 0. The first-order chi connectivity index (χ1) is 9.94. The molecule has 111 valence electrons. The van der Waals surface area contributed by atoms with E-state index in [1.807, 2.05) is 0 Å². The van der Waals surface area contributed by atoms with Crippen LogP contribution in [0, 0.1) is 11.9 Å². The third-order valence-electron chi connectivity index (χ3n) is 2.59. The van der Waals surface area contributed by atoms with Gasteiger partial charge in [0.15, 0.2) is 0 Å². The summed E-state index contributed by atoms with van der Waals surface area (Å²) in [6.07, 6.45) is -4.53. The Morgan fingerprint density at radius 1 is 1.05 bits per heavy atom. The van der Waals surface area contributed by atoms with Crippen LogP contribution in [0.3, 0.4) is 0 Å². The standard InChI is InChI=1S/C15H11F4O2/c16-12-5-7-13(8-6-12)20-10-9-11-3-1-2-4-14(11)21-15(17,18)19/h1,3-8H,9-10H2. The van der Waals surface area contributed by atoms with Crippen LogP contribution in [0.1, 0.15) is 5.56 Å². The van der Waals surface area contributed by atoms with Gasteiger partial charge in [0.1, 0.15) is 17.3 Å². The first-order valence-electron chi connectivity index (χ1n) is 6.07. The lowest BCUT2D eigenvalue weighted by atomic mass is 10.1. The molecule has 0 amide bonds. The largest absolute Gasteiger partial charge is 0.573 e. The monoisotopic (exact) mass is 299 g/mol. The summed E-state index contributed by atoms with van der Waals surface area (Å²) in [4.78, 5) is 0. The van der Waals surface area contributed by atoms with E-state index in [9.17, 15) is 17.6 Å². The van der Waals surface area contributed by atoms with E-state index in [0.717, 1.165) is 6.07 Å². The lowest BCUT2D eigenvalue weighted by molar-refractivity contribution is -0.274. The van der Waals surface area contributed by atoms with Crippen LogP contribution in [-0.2, 0) is 6.42 Å². The normalized spacial score (nSPS) is 11.2. The van der Waals surface area contributed by atoms with Crippen molar-refractivity contribution in [3.63, 3.8) is 0 Å². The average Bonchev–Trinajstić information content (AvgIpc) is 2.41. The molecule has 0 saturated carbocycles. The van der Waals surface area contributed by atoms with E-state index in [1.54, 1.807) is 0 Å². The van der Waals surface area contributed by atoms with Gasteiger partial charge in [-0.1, -0.05) is 12.1 Å². The minimum atomic E-state index is -4.75. The van der Waals surface area contributed by atoms with Gasteiger partial charge in [0.05, 0.1) is 6.61 Å². The van der Waals surface area contributed by atoms with Crippen molar-refractivity contribution in [2.75, 3.05) is 6.61 Å². The quantitative estimate of drug-likeness (QED) is 0.772. The summed E-state index contributed by atoms with van der Waals surface area (Å²) in [6, 6.07) is 12.0. The van der Waals surface area contributed by atoms with Crippen molar-refractivity contribution in [2.45, 2.75) is 12.8 Å². The van der Waals surface area contributed by atoms with Gasteiger partial charge in [0.25, 0.3) is 0 Å². The Labute approximate surface area is 118 Å². The van der Waals surface area contributed by atoms with Gasteiger partial charge in [-0.3, -0.25) is 0 Å². The van der Waals surface area contributed by atoms with E-state index in [4.69, 9.17) is 4.74 Å². The SMILES string of the molecule is Fc1ccc(OCCc2cc[c]cc2OC(F)(F)F)cc1. The maximum absolute atomic E-state index is 12.7. The molecule has 2 nitrogen and oxygen atoms in total. The van der Waals surface area contributed by atoms with E-state index < -0.39 is 6.36 Å². The van der Waals surface area contributed by atoms with Crippen molar-refractivity contribution in [1.82, 2.24) is 0 Å². The fourth-order valence-electron chi connectivity index (χ4n) is 1.68. The molecule has 0 aliphatic rings. The van der Waals surface area contributed by atoms with Crippen LogP contribution in [-0.4, -0.2) is 13.0 Å². The lowest BCUT2D eigenvalue weighted by Gasteiger charge is -2.13. The van der Waals surface area contributed by atoms with Crippen molar-refractivity contribution >= 4 is 0 Å². The van der Waals surface area contributed by atoms with Crippen LogP contribution < -0.4 is 9.47 Å². The maximum atomic E-state index is 12.7. The smallest absolute Gasteiger partial charge is 0.493 e. The molecule has 0 N–H and O–H groups in total. The van der Waals surface area contributed by atoms with Crippen molar-refractivity contribution in [3.8, 4) is 11.5 Å². The van der Waals surface area contributed by atoms with Gasteiger partial charge in [-0.2, -0.15) is 0 Å². The second kappa shape index (κ2) is 6.47. The fourth-order valence-corrected chi connectivity index (χ4v) is 1.68. The molecule has 2 rings (SSSR count). The summed E-state index contributed by atoms with van der Waals surface area (Å²) in [6.45, 7) is 0.143. The molecule has 0 aromatic heterocycles. The number of hydrogen-bond acceptors (Lipinski definition) is 2. The molecule has 0 bridgehead atoms. The third-order valence-corrected chi connectivity index (χ3v) is 2.59. The van der Waals surface area contributed by atoms with Gasteiger partial charge < -0.3 is 9.47 Å². The predicted molar refractivity (Wildman–Crippen MR) is 67.6 cm³/mol. The first kappa shape index (κ1) is 15.2. The summed E-state index contributed by atoms with van der Waals surface area (Å²) in [5, 5.41) is 0. The molecule has 6 heteroatoms. The summed E-state index contributed by atoms with van der Waals surface area (Å²) in [5.74, 6) is -0.244. The molecule has 0 saturated heterocycles. The minimum absolute atomic E-state index is 0.143.